The van der Waals surface area contributed by atoms with Crippen molar-refractivity contribution in [2.24, 2.45) is 0 Å². The molecule has 0 aromatic carbocycles. The Kier molecular flexibility index (Phi) is 4.38. The van der Waals surface area contributed by atoms with Gasteiger partial charge in [-0.25, -0.2) is 18.6 Å². The summed E-state index contributed by atoms with van der Waals surface area (Å²) in [5.74, 6) is -5.57. The summed E-state index contributed by atoms with van der Waals surface area (Å²) < 4.78 is 55.5. The van der Waals surface area contributed by atoms with E-state index in [9.17, 15) is 22.4 Å². The molecule has 1 heterocycles. The summed E-state index contributed by atoms with van der Waals surface area (Å²) >= 11 is 0. The highest BCUT2D eigenvalue weighted by Gasteiger charge is 2.42. The zero-order valence-electron chi connectivity index (χ0n) is 10.3. The van der Waals surface area contributed by atoms with E-state index in [1.165, 1.54) is 0 Å². The summed E-state index contributed by atoms with van der Waals surface area (Å²) in [7, 11) is 1.07. The number of alkyl halides is 4. The Morgan fingerprint density at radius 1 is 1.53 bits per heavy atom. The highest BCUT2D eigenvalue weighted by molar-refractivity contribution is 5.92. The molecule has 0 saturated heterocycles. The first-order valence-electron chi connectivity index (χ1n) is 5.33. The fraction of sp³-hybridized carbons (Fsp3) is 0.600. The topological polar surface area (TPSA) is 70.1 Å². The van der Waals surface area contributed by atoms with Gasteiger partial charge in [-0.15, -0.1) is 0 Å². The minimum Gasteiger partial charge on any atom is -0.464 e. The van der Waals surface area contributed by atoms with Crippen LogP contribution in [0.4, 0.5) is 23.4 Å². The number of carbonyl (C=O) groups excluding carboxylic acids is 1. The van der Waals surface area contributed by atoms with E-state index in [0.29, 0.717) is 4.57 Å². The molecule has 0 aliphatic rings. The summed E-state index contributed by atoms with van der Waals surface area (Å²) in [6.45, 7) is 0.226. The van der Waals surface area contributed by atoms with Gasteiger partial charge in [0.25, 0.3) is 0 Å². The summed E-state index contributed by atoms with van der Waals surface area (Å²) in [5.41, 5.74) is 5.13. The van der Waals surface area contributed by atoms with Crippen LogP contribution < -0.4 is 5.73 Å². The fourth-order valence-electron chi connectivity index (χ4n) is 1.49. The molecule has 108 valence electrons. The van der Waals surface area contributed by atoms with Crippen LogP contribution in [0.5, 0.6) is 0 Å². The predicted octanol–water partition coefficient (Wildman–Crippen LogP) is 1.71. The van der Waals surface area contributed by atoms with Gasteiger partial charge in [0.2, 0.25) is 0 Å². The second-order valence-corrected chi connectivity index (χ2v) is 3.75. The van der Waals surface area contributed by atoms with Crippen LogP contribution in [-0.2, 0) is 17.7 Å². The van der Waals surface area contributed by atoms with Gasteiger partial charge < -0.3 is 15.0 Å². The lowest BCUT2D eigenvalue weighted by atomic mass is 10.3. The Hall–Kier alpha value is -1.80. The molecule has 19 heavy (non-hydrogen) atoms. The number of rotatable bonds is 5. The van der Waals surface area contributed by atoms with Crippen molar-refractivity contribution in [3.05, 3.63) is 11.5 Å². The van der Waals surface area contributed by atoms with Crippen molar-refractivity contribution in [3.63, 3.8) is 0 Å². The van der Waals surface area contributed by atoms with Crippen molar-refractivity contribution in [2.75, 3.05) is 12.8 Å². The number of esters is 1. The van der Waals surface area contributed by atoms with Crippen LogP contribution in [-0.4, -0.2) is 35.0 Å². The normalized spacial score (nSPS) is 11.9. The van der Waals surface area contributed by atoms with Crippen molar-refractivity contribution in [1.82, 2.24) is 9.55 Å². The molecule has 0 spiro atoms. The van der Waals surface area contributed by atoms with Gasteiger partial charge in [0.15, 0.2) is 5.69 Å². The molecule has 1 rings (SSSR count). The molecule has 9 heteroatoms. The molecule has 0 aliphatic carbocycles. The second-order valence-electron chi connectivity index (χ2n) is 3.75. The Balaban J connectivity index is 3.20. The fourth-order valence-corrected chi connectivity index (χ4v) is 1.49. The maximum Gasteiger partial charge on any atom is 0.360 e. The van der Waals surface area contributed by atoms with Crippen molar-refractivity contribution in [1.29, 1.82) is 0 Å². The number of nitrogen functional groups attached to an aromatic ring is 1. The van der Waals surface area contributed by atoms with Gasteiger partial charge in [0, 0.05) is 6.42 Å². The van der Waals surface area contributed by atoms with E-state index in [2.05, 4.69) is 9.72 Å². The van der Waals surface area contributed by atoms with E-state index in [0.717, 1.165) is 7.11 Å². The van der Waals surface area contributed by atoms with Crippen LogP contribution in [0, 0.1) is 0 Å². The number of anilines is 1. The number of aromatic nitrogens is 2. The number of methoxy groups -OCH3 is 1. The van der Waals surface area contributed by atoms with Gasteiger partial charge in [-0.05, 0) is 0 Å². The molecule has 0 aliphatic heterocycles. The Labute approximate surface area is 106 Å². The third-order valence-corrected chi connectivity index (χ3v) is 2.47. The molecule has 0 unspecified atom stereocenters. The maximum atomic E-state index is 13.1. The molecule has 1 aromatic heterocycles. The number of halogens is 4. The van der Waals surface area contributed by atoms with Gasteiger partial charge in [0.1, 0.15) is 11.6 Å². The number of aryl methyl sites for hydroxylation is 1. The van der Waals surface area contributed by atoms with Gasteiger partial charge in [-0.3, -0.25) is 0 Å². The second kappa shape index (κ2) is 5.45. The minimum atomic E-state index is -4.26. The highest BCUT2D eigenvalue weighted by atomic mass is 19.3. The number of hydrogen-bond acceptors (Lipinski definition) is 4. The lowest BCUT2D eigenvalue weighted by Gasteiger charge is -2.18. The highest BCUT2D eigenvalue weighted by Crippen LogP contribution is 2.28. The Morgan fingerprint density at radius 2 is 2.11 bits per heavy atom. The standard InChI is InChI=1S/C10H13F4N3O2/c1-3-5-16-6(8(18)19-2)7(15)17(5)4-10(13,14)9(11)12/h9H,3-4,15H2,1-2H3. The summed E-state index contributed by atoms with van der Waals surface area (Å²) in [6, 6.07) is 0. The molecule has 5 nitrogen and oxygen atoms in total. The van der Waals surface area contributed by atoms with Gasteiger partial charge in [-0.1, -0.05) is 6.92 Å². The monoisotopic (exact) mass is 283 g/mol. The van der Waals surface area contributed by atoms with Crippen molar-refractivity contribution in [3.8, 4) is 0 Å². The Morgan fingerprint density at radius 3 is 2.53 bits per heavy atom. The molecular weight excluding hydrogens is 270 g/mol. The molecular formula is C10H13F4N3O2. The molecule has 0 saturated carbocycles. The van der Waals surface area contributed by atoms with Crippen molar-refractivity contribution >= 4 is 11.8 Å². The van der Waals surface area contributed by atoms with Crippen LogP contribution in [0.2, 0.25) is 0 Å². The zero-order valence-corrected chi connectivity index (χ0v) is 10.3. The van der Waals surface area contributed by atoms with Gasteiger partial charge >= 0.3 is 18.3 Å². The third kappa shape index (κ3) is 2.96. The Bertz CT molecular complexity index is 474. The number of imidazole rings is 1. The van der Waals surface area contributed by atoms with E-state index in [1.54, 1.807) is 6.92 Å². The molecule has 0 atom stereocenters. The van der Waals surface area contributed by atoms with E-state index >= 15 is 0 Å². The molecule has 0 bridgehead atoms. The molecule has 0 radical (unpaired) electrons. The molecule has 0 fully saturated rings. The number of nitrogens with two attached hydrogens (primary N) is 1. The average molecular weight is 283 g/mol. The smallest absolute Gasteiger partial charge is 0.360 e. The summed E-state index contributed by atoms with van der Waals surface area (Å²) in [6.07, 6.45) is -3.68. The number of hydrogen-bond donors (Lipinski definition) is 1. The third-order valence-electron chi connectivity index (χ3n) is 2.47. The lowest BCUT2D eigenvalue weighted by Crippen LogP contribution is -2.33. The van der Waals surface area contributed by atoms with Crippen LogP contribution in [0.15, 0.2) is 0 Å². The number of carbonyl (C=O) groups is 1. The zero-order chi connectivity index (χ0) is 14.8. The first kappa shape index (κ1) is 15.3. The van der Waals surface area contributed by atoms with Gasteiger partial charge in [0.05, 0.1) is 13.7 Å². The predicted molar refractivity (Wildman–Crippen MR) is 58.3 cm³/mol. The summed E-state index contributed by atoms with van der Waals surface area (Å²) in [5, 5.41) is 0. The first-order valence-corrected chi connectivity index (χ1v) is 5.33. The average Bonchev–Trinajstić information content (AvgIpc) is 2.65. The van der Waals surface area contributed by atoms with Crippen LogP contribution in [0.1, 0.15) is 23.2 Å². The largest absolute Gasteiger partial charge is 0.464 e. The van der Waals surface area contributed by atoms with Crippen LogP contribution in [0.3, 0.4) is 0 Å². The lowest BCUT2D eigenvalue weighted by molar-refractivity contribution is -0.137. The van der Waals surface area contributed by atoms with Crippen LogP contribution in [0.25, 0.3) is 0 Å². The first-order chi connectivity index (χ1) is 8.74. The maximum absolute atomic E-state index is 13.1. The number of nitrogens with zero attached hydrogens (tertiary/aromatic N) is 2. The van der Waals surface area contributed by atoms with Gasteiger partial charge in [-0.2, -0.15) is 8.78 Å². The van der Waals surface area contributed by atoms with Crippen molar-refractivity contribution in [2.45, 2.75) is 32.2 Å². The van der Waals surface area contributed by atoms with Crippen LogP contribution >= 0.6 is 0 Å². The van der Waals surface area contributed by atoms with E-state index in [4.69, 9.17) is 5.73 Å². The minimum absolute atomic E-state index is 0.0122. The molecule has 1 aromatic rings. The summed E-state index contributed by atoms with van der Waals surface area (Å²) in [4.78, 5) is 15.0. The van der Waals surface area contributed by atoms with Crippen molar-refractivity contribution < 1.29 is 27.1 Å². The quantitative estimate of drug-likeness (QED) is 0.659. The van der Waals surface area contributed by atoms with E-state index in [-0.39, 0.29) is 17.9 Å². The number of ether oxygens (including phenoxy) is 1. The van der Waals surface area contributed by atoms with E-state index < -0.39 is 30.7 Å². The molecule has 2 N–H and O–H groups in total. The SMILES string of the molecule is CCc1nc(C(=O)OC)c(N)n1CC(F)(F)C(F)F. The van der Waals surface area contributed by atoms with E-state index in [1.807, 2.05) is 0 Å². The molecule has 0 amide bonds.